The van der Waals surface area contributed by atoms with E-state index in [2.05, 4.69) is 5.32 Å². The molecule has 0 saturated heterocycles. The molecule has 2 fully saturated rings. The highest BCUT2D eigenvalue weighted by Gasteiger charge is 2.51. The molecule has 2 bridgehead atoms. The molecule has 2 N–H and O–H groups in total. The number of halogens is 1. The van der Waals surface area contributed by atoms with Gasteiger partial charge in [-0.15, -0.1) is 0 Å². The van der Waals surface area contributed by atoms with Gasteiger partial charge in [0.15, 0.2) is 0 Å². The van der Waals surface area contributed by atoms with E-state index in [4.69, 9.17) is 0 Å². The van der Waals surface area contributed by atoms with E-state index in [1.807, 2.05) is 0 Å². The third-order valence-electron chi connectivity index (χ3n) is 4.78. The van der Waals surface area contributed by atoms with Crippen LogP contribution in [-0.2, 0) is 16.0 Å². The van der Waals surface area contributed by atoms with Gasteiger partial charge in [-0.05, 0) is 48.8 Å². The van der Waals surface area contributed by atoms with Gasteiger partial charge in [-0.2, -0.15) is 0 Å². The van der Waals surface area contributed by atoms with Gasteiger partial charge in [0.05, 0.1) is 12.3 Å². The lowest BCUT2D eigenvalue weighted by atomic mass is 9.84. The number of benzene rings is 1. The molecule has 1 aromatic rings. The molecule has 2 aliphatic carbocycles. The fraction of sp³-hybridized carbons (Fsp3) is 0.500. The van der Waals surface area contributed by atoms with E-state index >= 15 is 0 Å². The van der Waals surface area contributed by atoms with Crippen molar-refractivity contribution in [2.45, 2.75) is 31.7 Å². The lowest BCUT2D eigenvalue weighted by Gasteiger charge is -2.28. The normalized spacial score (nSPS) is 30.3. The maximum absolute atomic E-state index is 13.1. The van der Waals surface area contributed by atoms with Crippen molar-refractivity contribution in [2.24, 2.45) is 17.8 Å². The minimum atomic E-state index is -0.821. The number of aliphatic carboxylic acids is 1. The highest BCUT2D eigenvalue weighted by molar-refractivity contribution is 5.80. The number of amides is 1. The Morgan fingerprint density at radius 2 is 2.05 bits per heavy atom. The Bertz CT molecular complexity index is 574. The maximum Gasteiger partial charge on any atom is 0.308 e. The fourth-order valence-corrected chi connectivity index (χ4v) is 3.92. The molecule has 2 aliphatic rings. The molecule has 0 radical (unpaired) electrons. The third-order valence-corrected chi connectivity index (χ3v) is 4.78. The Hall–Kier alpha value is -1.91. The summed E-state index contributed by atoms with van der Waals surface area (Å²) in [7, 11) is 0. The van der Waals surface area contributed by atoms with Crippen LogP contribution in [0.5, 0.6) is 0 Å². The summed E-state index contributed by atoms with van der Waals surface area (Å²) < 4.78 is 13.1. The molecular formula is C16H18FNO3. The van der Waals surface area contributed by atoms with Crippen molar-refractivity contribution in [2.75, 3.05) is 0 Å². The zero-order valence-corrected chi connectivity index (χ0v) is 11.6. The van der Waals surface area contributed by atoms with Crippen LogP contribution < -0.4 is 5.32 Å². The molecule has 4 unspecified atom stereocenters. The predicted octanol–water partition coefficient (Wildman–Crippen LogP) is 1.98. The van der Waals surface area contributed by atoms with Gasteiger partial charge in [0, 0.05) is 6.04 Å². The van der Waals surface area contributed by atoms with Gasteiger partial charge < -0.3 is 10.4 Å². The number of hydrogen-bond donors (Lipinski definition) is 2. The number of nitrogens with one attached hydrogen (secondary N) is 1. The Morgan fingerprint density at radius 1 is 1.29 bits per heavy atom. The van der Waals surface area contributed by atoms with E-state index in [1.54, 1.807) is 12.1 Å². The van der Waals surface area contributed by atoms with Gasteiger partial charge in [-0.1, -0.05) is 12.1 Å². The number of rotatable bonds is 4. The molecule has 0 heterocycles. The van der Waals surface area contributed by atoms with Crippen LogP contribution in [0.3, 0.4) is 0 Å². The first-order chi connectivity index (χ1) is 10.0. The van der Waals surface area contributed by atoms with Crippen LogP contribution in [0, 0.1) is 23.6 Å². The van der Waals surface area contributed by atoms with Crippen molar-refractivity contribution < 1.29 is 19.1 Å². The smallest absolute Gasteiger partial charge is 0.308 e. The number of carboxylic acids is 1. The maximum atomic E-state index is 13.1. The molecule has 21 heavy (non-hydrogen) atoms. The zero-order valence-electron chi connectivity index (χ0n) is 11.6. The molecule has 3 rings (SSSR count). The van der Waals surface area contributed by atoms with Crippen molar-refractivity contribution in [3.8, 4) is 0 Å². The lowest BCUT2D eigenvalue weighted by Crippen LogP contribution is -2.47. The van der Waals surface area contributed by atoms with Gasteiger partial charge in [-0.3, -0.25) is 9.59 Å². The molecule has 2 saturated carbocycles. The van der Waals surface area contributed by atoms with Crippen LogP contribution in [0.1, 0.15) is 24.8 Å². The number of carbonyl (C=O) groups excluding carboxylic acids is 1. The Morgan fingerprint density at radius 3 is 2.76 bits per heavy atom. The molecule has 1 aromatic carbocycles. The SMILES string of the molecule is O=C(Cc1cccc(F)c1)NC1C2CCC(C2)C1C(=O)O. The first-order valence-corrected chi connectivity index (χ1v) is 7.31. The van der Waals surface area contributed by atoms with E-state index in [-0.39, 0.29) is 36.0 Å². The topological polar surface area (TPSA) is 66.4 Å². The van der Waals surface area contributed by atoms with E-state index in [1.165, 1.54) is 12.1 Å². The zero-order chi connectivity index (χ0) is 15.0. The van der Waals surface area contributed by atoms with Gasteiger partial charge >= 0.3 is 5.97 Å². The van der Waals surface area contributed by atoms with Crippen LogP contribution in [-0.4, -0.2) is 23.0 Å². The second-order valence-corrected chi connectivity index (χ2v) is 6.10. The average molecular weight is 291 g/mol. The van der Waals surface area contributed by atoms with Gasteiger partial charge in [0.25, 0.3) is 0 Å². The van der Waals surface area contributed by atoms with Crippen molar-refractivity contribution >= 4 is 11.9 Å². The number of hydrogen-bond acceptors (Lipinski definition) is 2. The monoisotopic (exact) mass is 291 g/mol. The second-order valence-electron chi connectivity index (χ2n) is 6.10. The summed E-state index contributed by atoms with van der Waals surface area (Å²) in [5, 5.41) is 12.2. The third kappa shape index (κ3) is 2.77. The molecule has 4 atom stereocenters. The van der Waals surface area contributed by atoms with E-state index in [9.17, 15) is 19.1 Å². The first kappa shape index (κ1) is 14.0. The Labute approximate surface area is 122 Å². The molecule has 0 spiro atoms. The van der Waals surface area contributed by atoms with Crippen LogP contribution in [0.25, 0.3) is 0 Å². The van der Waals surface area contributed by atoms with Crippen molar-refractivity contribution in [1.29, 1.82) is 0 Å². The molecule has 0 aliphatic heterocycles. The Kier molecular flexibility index (Phi) is 3.66. The summed E-state index contributed by atoms with van der Waals surface area (Å²) in [5.41, 5.74) is 0.600. The molecule has 0 aromatic heterocycles. The summed E-state index contributed by atoms with van der Waals surface area (Å²) in [6, 6.07) is 5.64. The van der Waals surface area contributed by atoms with Gasteiger partial charge in [0.1, 0.15) is 5.82 Å². The summed E-state index contributed by atoms with van der Waals surface area (Å²) in [4.78, 5) is 23.5. The largest absolute Gasteiger partial charge is 0.481 e. The van der Waals surface area contributed by atoms with E-state index in [0.29, 0.717) is 5.56 Å². The van der Waals surface area contributed by atoms with Gasteiger partial charge in [-0.25, -0.2) is 4.39 Å². The minimum absolute atomic E-state index is 0.0813. The van der Waals surface area contributed by atoms with Crippen LogP contribution in [0.2, 0.25) is 0 Å². The molecule has 112 valence electrons. The lowest BCUT2D eigenvalue weighted by molar-refractivity contribution is -0.144. The summed E-state index contributed by atoms with van der Waals surface area (Å²) in [5.74, 6) is -1.44. The summed E-state index contributed by atoms with van der Waals surface area (Å²) in [6.07, 6.45) is 2.90. The van der Waals surface area contributed by atoms with Crippen LogP contribution in [0.4, 0.5) is 4.39 Å². The minimum Gasteiger partial charge on any atom is -0.481 e. The average Bonchev–Trinajstić information content (AvgIpc) is 2.99. The number of carbonyl (C=O) groups is 2. The van der Waals surface area contributed by atoms with Crippen molar-refractivity contribution in [1.82, 2.24) is 5.32 Å². The molecular weight excluding hydrogens is 273 g/mol. The van der Waals surface area contributed by atoms with Crippen molar-refractivity contribution in [3.05, 3.63) is 35.6 Å². The quantitative estimate of drug-likeness (QED) is 0.891. The number of fused-ring (bicyclic) bond motifs is 2. The Balaban J connectivity index is 1.65. The van der Waals surface area contributed by atoms with Crippen molar-refractivity contribution in [3.63, 3.8) is 0 Å². The molecule has 1 amide bonds. The predicted molar refractivity (Wildman–Crippen MR) is 74.0 cm³/mol. The molecule has 5 heteroatoms. The first-order valence-electron chi connectivity index (χ1n) is 7.31. The van der Waals surface area contributed by atoms with Crippen LogP contribution >= 0.6 is 0 Å². The highest BCUT2D eigenvalue weighted by atomic mass is 19.1. The summed E-state index contributed by atoms with van der Waals surface area (Å²) >= 11 is 0. The summed E-state index contributed by atoms with van der Waals surface area (Å²) in [6.45, 7) is 0. The van der Waals surface area contributed by atoms with E-state index < -0.39 is 11.9 Å². The standard InChI is InChI=1S/C16H18FNO3/c17-12-3-1-2-9(6-12)7-13(19)18-15-11-5-4-10(8-11)14(15)16(20)21/h1-3,6,10-11,14-15H,4-5,7-8H2,(H,18,19)(H,20,21). The fourth-order valence-electron chi connectivity index (χ4n) is 3.92. The van der Waals surface area contributed by atoms with Crippen LogP contribution in [0.15, 0.2) is 24.3 Å². The highest BCUT2D eigenvalue weighted by Crippen LogP contribution is 2.48. The second kappa shape index (κ2) is 5.47. The van der Waals surface area contributed by atoms with E-state index in [0.717, 1.165) is 19.3 Å². The molecule has 4 nitrogen and oxygen atoms in total. The van der Waals surface area contributed by atoms with Gasteiger partial charge in [0.2, 0.25) is 5.91 Å². The number of carboxylic acid groups (broad SMARTS) is 1.